The maximum atomic E-state index is 5.63. The van der Waals surface area contributed by atoms with Gasteiger partial charge in [0, 0.05) is 41.8 Å². The van der Waals surface area contributed by atoms with Crippen molar-refractivity contribution in [2.24, 2.45) is 0 Å². The molecule has 0 aliphatic carbocycles. The van der Waals surface area contributed by atoms with Gasteiger partial charge in [-0.05, 0) is 24.1 Å². The Morgan fingerprint density at radius 1 is 1.04 bits per heavy atom. The van der Waals surface area contributed by atoms with Crippen LogP contribution in [0.15, 0.2) is 42.5 Å². The van der Waals surface area contributed by atoms with Gasteiger partial charge in [-0.1, -0.05) is 30.3 Å². The van der Waals surface area contributed by atoms with E-state index in [0.717, 1.165) is 37.6 Å². The first-order chi connectivity index (χ1) is 11.4. The van der Waals surface area contributed by atoms with Gasteiger partial charge in [0.15, 0.2) is 11.5 Å². The third-order valence-corrected chi connectivity index (χ3v) is 4.83. The summed E-state index contributed by atoms with van der Waals surface area (Å²) in [6.45, 7) is 3.24. The van der Waals surface area contributed by atoms with Crippen molar-refractivity contribution in [2.45, 2.75) is 19.5 Å². The molecule has 0 amide bonds. The van der Waals surface area contributed by atoms with Crippen LogP contribution in [0.3, 0.4) is 0 Å². The number of nitrogens with zero attached hydrogens (tertiary/aromatic N) is 1. The molecule has 0 saturated carbocycles. The van der Waals surface area contributed by atoms with Crippen molar-refractivity contribution in [3.05, 3.63) is 59.3 Å². The third-order valence-electron chi connectivity index (χ3n) is 4.83. The first-order valence-electron chi connectivity index (χ1n) is 8.07. The zero-order chi connectivity index (χ0) is 15.2. The van der Waals surface area contributed by atoms with E-state index in [-0.39, 0.29) is 0 Å². The van der Waals surface area contributed by atoms with Crippen LogP contribution in [0.2, 0.25) is 0 Å². The fourth-order valence-electron chi connectivity index (χ4n) is 3.74. The Morgan fingerprint density at radius 2 is 2.00 bits per heavy atom. The van der Waals surface area contributed by atoms with Crippen molar-refractivity contribution >= 4 is 10.9 Å². The van der Waals surface area contributed by atoms with E-state index in [1.807, 2.05) is 12.1 Å². The van der Waals surface area contributed by atoms with Gasteiger partial charge < -0.3 is 14.5 Å². The van der Waals surface area contributed by atoms with E-state index in [2.05, 4.69) is 40.2 Å². The highest BCUT2D eigenvalue weighted by atomic mass is 16.7. The highest BCUT2D eigenvalue weighted by Gasteiger charge is 2.23. The van der Waals surface area contributed by atoms with E-state index >= 15 is 0 Å². The third kappa shape index (κ3) is 2.10. The van der Waals surface area contributed by atoms with Crippen molar-refractivity contribution < 1.29 is 9.47 Å². The van der Waals surface area contributed by atoms with Gasteiger partial charge in [0.2, 0.25) is 6.79 Å². The number of benzene rings is 2. The molecule has 4 nitrogen and oxygen atoms in total. The lowest BCUT2D eigenvalue weighted by Crippen LogP contribution is -2.29. The maximum absolute atomic E-state index is 5.63. The Hall–Kier alpha value is -2.46. The van der Waals surface area contributed by atoms with E-state index in [4.69, 9.17) is 9.47 Å². The molecule has 2 aliphatic rings. The minimum Gasteiger partial charge on any atom is -0.454 e. The van der Waals surface area contributed by atoms with Crippen LogP contribution in [-0.2, 0) is 19.5 Å². The van der Waals surface area contributed by atoms with Crippen LogP contribution in [0.4, 0.5) is 0 Å². The molecule has 0 bridgehead atoms. The number of hydrogen-bond acceptors (Lipinski definition) is 3. The summed E-state index contributed by atoms with van der Waals surface area (Å²) in [5, 5.41) is 1.37. The monoisotopic (exact) mass is 306 g/mol. The van der Waals surface area contributed by atoms with Gasteiger partial charge >= 0.3 is 0 Å². The molecule has 0 fully saturated rings. The van der Waals surface area contributed by atoms with Crippen LogP contribution < -0.4 is 9.47 Å². The number of fused-ring (bicyclic) bond motifs is 4. The molecule has 0 atom stereocenters. The van der Waals surface area contributed by atoms with Gasteiger partial charge in [-0.15, -0.1) is 0 Å². The van der Waals surface area contributed by atoms with E-state index in [9.17, 15) is 0 Å². The number of hydrogen-bond donors (Lipinski definition) is 1. The van der Waals surface area contributed by atoms with Gasteiger partial charge in [-0.2, -0.15) is 0 Å². The molecule has 0 unspecified atom stereocenters. The first kappa shape index (κ1) is 13.0. The lowest BCUT2D eigenvalue weighted by atomic mass is 10.0. The molecule has 1 N–H and O–H groups in total. The summed E-state index contributed by atoms with van der Waals surface area (Å²) in [6, 6.07) is 14.7. The topological polar surface area (TPSA) is 37.5 Å². The Kier molecular flexibility index (Phi) is 2.85. The highest BCUT2D eigenvalue weighted by Crippen LogP contribution is 2.36. The van der Waals surface area contributed by atoms with Crippen LogP contribution in [0.1, 0.15) is 16.8 Å². The number of aromatic amines is 1. The van der Waals surface area contributed by atoms with E-state index < -0.39 is 0 Å². The van der Waals surface area contributed by atoms with Crippen molar-refractivity contribution in [1.29, 1.82) is 0 Å². The van der Waals surface area contributed by atoms with Gasteiger partial charge in [-0.25, -0.2) is 0 Å². The Balaban J connectivity index is 1.43. The fraction of sp³-hybridized carbons (Fsp3) is 0.263. The molecule has 23 heavy (non-hydrogen) atoms. The first-order valence-corrected chi connectivity index (χ1v) is 8.07. The molecule has 4 heteroatoms. The number of ether oxygens (including phenoxy) is 2. The minimum absolute atomic E-state index is 0.332. The summed E-state index contributed by atoms with van der Waals surface area (Å²) in [6.07, 6.45) is 1.09. The highest BCUT2D eigenvalue weighted by molar-refractivity contribution is 5.84. The summed E-state index contributed by atoms with van der Waals surface area (Å²) in [4.78, 5) is 6.05. The maximum Gasteiger partial charge on any atom is 0.231 e. The van der Waals surface area contributed by atoms with Gasteiger partial charge in [-0.3, -0.25) is 4.90 Å². The summed E-state index contributed by atoms with van der Waals surface area (Å²) < 4.78 is 11.1. The van der Waals surface area contributed by atoms with Crippen molar-refractivity contribution in [3.63, 3.8) is 0 Å². The molecule has 116 valence electrons. The van der Waals surface area contributed by atoms with E-state index in [1.54, 1.807) is 0 Å². The average Bonchev–Trinajstić information content (AvgIpc) is 3.19. The second-order valence-corrected chi connectivity index (χ2v) is 6.24. The van der Waals surface area contributed by atoms with Gasteiger partial charge in [0.05, 0.1) is 0 Å². The standard InChI is InChI=1S/C19H18N2O2/c1-2-6-16-14(5-1)15-8-9-21(11-17(15)20-16)10-13-4-3-7-18-19(13)23-12-22-18/h1-7,20H,8-12H2. The molecule has 0 saturated heterocycles. The number of para-hydroxylation sites is 2. The summed E-state index contributed by atoms with van der Waals surface area (Å²) in [5.74, 6) is 1.78. The largest absolute Gasteiger partial charge is 0.454 e. The van der Waals surface area contributed by atoms with Crippen LogP contribution in [0.5, 0.6) is 11.5 Å². The molecule has 5 rings (SSSR count). The second-order valence-electron chi connectivity index (χ2n) is 6.24. The van der Waals surface area contributed by atoms with Gasteiger partial charge in [0.25, 0.3) is 0 Å². The Morgan fingerprint density at radius 3 is 3.00 bits per heavy atom. The van der Waals surface area contributed by atoms with Crippen LogP contribution in [-0.4, -0.2) is 23.2 Å². The van der Waals surface area contributed by atoms with Crippen LogP contribution in [0, 0.1) is 0 Å². The molecule has 0 spiro atoms. The predicted molar refractivity (Wildman–Crippen MR) is 88.7 cm³/mol. The average molecular weight is 306 g/mol. The lowest BCUT2D eigenvalue weighted by molar-refractivity contribution is 0.171. The molecule has 3 heterocycles. The summed E-state index contributed by atoms with van der Waals surface area (Å²) in [5.41, 5.74) is 5.29. The Labute approximate surface area is 134 Å². The molecule has 1 aromatic heterocycles. The van der Waals surface area contributed by atoms with E-state index in [1.165, 1.54) is 27.7 Å². The number of rotatable bonds is 2. The number of aromatic nitrogens is 1. The SMILES string of the molecule is c1cc(CN2CCc3c([nH]c4ccccc34)C2)c2c(c1)OCO2. The lowest BCUT2D eigenvalue weighted by Gasteiger charge is -2.27. The van der Waals surface area contributed by atoms with Gasteiger partial charge in [0.1, 0.15) is 0 Å². The normalized spacial score (nSPS) is 16.7. The number of nitrogens with one attached hydrogen (secondary N) is 1. The van der Waals surface area contributed by atoms with Crippen molar-refractivity contribution in [2.75, 3.05) is 13.3 Å². The fourth-order valence-corrected chi connectivity index (χ4v) is 3.74. The smallest absolute Gasteiger partial charge is 0.231 e. The molecular weight excluding hydrogens is 288 g/mol. The molecule has 3 aromatic rings. The quantitative estimate of drug-likeness (QED) is 0.788. The van der Waals surface area contributed by atoms with E-state index in [0.29, 0.717) is 6.79 Å². The minimum atomic E-state index is 0.332. The zero-order valence-corrected chi connectivity index (χ0v) is 12.8. The zero-order valence-electron chi connectivity index (χ0n) is 12.8. The summed E-state index contributed by atoms with van der Waals surface area (Å²) in [7, 11) is 0. The van der Waals surface area contributed by atoms with Crippen molar-refractivity contribution in [3.8, 4) is 11.5 Å². The number of H-pyrrole nitrogens is 1. The Bertz CT molecular complexity index is 884. The molecule has 2 aliphatic heterocycles. The second kappa shape index (κ2) is 5.03. The molecule has 2 aromatic carbocycles. The van der Waals surface area contributed by atoms with Crippen LogP contribution >= 0.6 is 0 Å². The van der Waals surface area contributed by atoms with Crippen molar-refractivity contribution in [1.82, 2.24) is 9.88 Å². The predicted octanol–water partition coefficient (Wildman–Crippen LogP) is 3.45. The summed E-state index contributed by atoms with van der Waals surface area (Å²) >= 11 is 0. The molecular formula is C19H18N2O2. The molecule has 0 radical (unpaired) electrons. The van der Waals surface area contributed by atoms with Crippen LogP contribution in [0.25, 0.3) is 10.9 Å².